The number of halogens is 1. The Labute approximate surface area is 139 Å². The molecule has 1 unspecified atom stereocenters. The number of nitrogens with one attached hydrogen (secondary N) is 1. The fourth-order valence-corrected chi connectivity index (χ4v) is 3.16. The molecular weight excluding hydrogens is 311 g/mol. The molecule has 2 N–H and O–H groups in total. The molecule has 0 spiro atoms. The zero-order valence-corrected chi connectivity index (χ0v) is 13.6. The van der Waals surface area contributed by atoms with Gasteiger partial charge in [-0.3, -0.25) is 4.79 Å². The first-order valence-corrected chi connectivity index (χ1v) is 8.30. The van der Waals surface area contributed by atoms with Gasteiger partial charge in [0.25, 0.3) is 5.91 Å². The van der Waals surface area contributed by atoms with Gasteiger partial charge in [0, 0.05) is 11.6 Å². The van der Waals surface area contributed by atoms with Gasteiger partial charge in [-0.2, -0.15) is 0 Å². The molecule has 1 heterocycles. The van der Waals surface area contributed by atoms with Crippen molar-refractivity contribution in [2.24, 2.45) is 0 Å². The monoisotopic (exact) mass is 332 g/mol. The Bertz CT molecular complexity index is 704. The lowest BCUT2D eigenvalue weighted by Gasteiger charge is -2.22. The molecule has 3 rings (SSSR count). The van der Waals surface area contributed by atoms with Crippen LogP contribution in [0.5, 0.6) is 0 Å². The zero-order valence-electron chi connectivity index (χ0n) is 13.6. The average Bonchev–Trinajstić information content (AvgIpc) is 3.02. The number of hydrogen-bond donors (Lipinski definition) is 2. The van der Waals surface area contributed by atoms with E-state index in [9.17, 15) is 14.3 Å². The highest BCUT2D eigenvalue weighted by Crippen LogP contribution is 2.31. The summed E-state index contributed by atoms with van der Waals surface area (Å²) in [7, 11) is 0. The fraction of sp³-hybridized carbons (Fsp3) is 0.444. The van der Waals surface area contributed by atoms with Gasteiger partial charge in [0.15, 0.2) is 0 Å². The minimum Gasteiger partial charge on any atom is -0.388 e. The van der Waals surface area contributed by atoms with Crippen LogP contribution >= 0.6 is 0 Å². The first-order valence-electron chi connectivity index (χ1n) is 8.30. The molecule has 0 radical (unpaired) electrons. The van der Waals surface area contributed by atoms with E-state index in [1.165, 1.54) is 18.6 Å². The van der Waals surface area contributed by atoms with E-state index in [4.69, 9.17) is 4.52 Å². The number of carbonyl (C=O) groups excluding carboxylic acids is 1. The number of amides is 1. The summed E-state index contributed by atoms with van der Waals surface area (Å²) in [4.78, 5) is 12.5. The highest BCUT2D eigenvalue weighted by Gasteiger charge is 2.28. The maximum Gasteiger partial charge on any atom is 0.290 e. The van der Waals surface area contributed by atoms with Crippen LogP contribution in [0.1, 0.15) is 61.3 Å². The maximum atomic E-state index is 13.1. The van der Waals surface area contributed by atoms with Gasteiger partial charge < -0.3 is 14.9 Å². The summed E-state index contributed by atoms with van der Waals surface area (Å²) in [6.07, 6.45) is 4.38. The molecule has 1 aliphatic carbocycles. The molecule has 1 fully saturated rings. The Kier molecular flexibility index (Phi) is 4.94. The Morgan fingerprint density at radius 1 is 1.29 bits per heavy atom. The van der Waals surface area contributed by atoms with Gasteiger partial charge in [-0.1, -0.05) is 24.4 Å². The second kappa shape index (κ2) is 7.13. The number of aliphatic hydroxyl groups is 1. The third-order valence-electron chi connectivity index (χ3n) is 4.41. The minimum atomic E-state index is -0.927. The quantitative estimate of drug-likeness (QED) is 0.897. The molecular formula is C18H21FN2O3. The third-order valence-corrected chi connectivity index (χ3v) is 4.41. The molecule has 1 atom stereocenters. The van der Waals surface area contributed by atoms with Crippen molar-refractivity contribution < 1.29 is 18.8 Å². The van der Waals surface area contributed by atoms with Gasteiger partial charge >= 0.3 is 0 Å². The lowest BCUT2D eigenvalue weighted by Crippen LogP contribution is -2.36. The molecule has 1 aromatic heterocycles. The van der Waals surface area contributed by atoms with Gasteiger partial charge in [-0.25, -0.2) is 4.39 Å². The molecule has 24 heavy (non-hydrogen) atoms. The van der Waals surface area contributed by atoms with E-state index < -0.39 is 6.10 Å². The van der Waals surface area contributed by atoms with Crippen molar-refractivity contribution in [3.05, 3.63) is 41.4 Å². The predicted molar refractivity (Wildman–Crippen MR) is 86.9 cm³/mol. The molecule has 128 valence electrons. The lowest BCUT2D eigenvalue weighted by atomic mass is 9.95. The average molecular weight is 332 g/mol. The topological polar surface area (TPSA) is 75.4 Å². The normalized spacial score (nSPS) is 16.8. The van der Waals surface area contributed by atoms with Crippen LogP contribution < -0.4 is 5.32 Å². The van der Waals surface area contributed by atoms with E-state index in [0.717, 1.165) is 25.7 Å². The third kappa shape index (κ3) is 3.48. The molecule has 5 nitrogen and oxygen atoms in total. The van der Waals surface area contributed by atoms with E-state index in [1.807, 2.05) is 0 Å². The summed E-state index contributed by atoms with van der Waals surface area (Å²) >= 11 is 0. The van der Waals surface area contributed by atoms with Crippen molar-refractivity contribution in [1.82, 2.24) is 10.5 Å². The highest BCUT2D eigenvalue weighted by molar-refractivity contribution is 5.94. The van der Waals surface area contributed by atoms with Crippen molar-refractivity contribution in [3.8, 4) is 11.3 Å². The first-order chi connectivity index (χ1) is 11.6. The number of carbonyl (C=O) groups is 1. The maximum absolute atomic E-state index is 13.1. The van der Waals surface area contributed by atoms with Crippen LogP contribution in [0.15, 0.2) is 28.8 Å². The number of benzene rings is 1. The molecule has 6 heteroatoms. The molecule has 2 aromatic rings. The van der Waals surface area contributed by atoms with Crippen molar-refractivity contribution in [2.45, 2.75) is 51.2 Å². The number of aliphatic hydroxyl groups excluding tert-OH is 1. The van der Waals surface area contributed by atoms with Crippen LogP contribution in [-0.2, 0) is 0 Å². The Hall–Kier alpha value is -2.21. The van der Waals surface area contributed by atoms with E-state index in [1.54, 1.807) is 19.1 Å². The van der Waals surface area contributed by atoms with Crippen molar-refractivity contribution in [1.29, 1.82) is 0 Å². The van der Waals surface area contributed by atoms with E-state index in [-0.39, 0.29) is 23.5 Å². The lowest BCUT2D eigenvalue weighted by molar-refractivity contribution is 0.0881. The van der Waals surface area contributed by atoms with Gasteiger partial charge in [0.05, 0.1) is 11.7 Å². The van der Waals surface area contributed by atoms with Crippen molar-refractivity contribution >= 4 is 5.91 Å². The summed E-state index contributed by atoms with van der Waals surface area (Å²) in [5, 5.41) is 17.0. The zero-order chi connectivity index (χ0) is 17.1. The molecule has 1 amide bonds. The molecule has 0 saturated heterocycles. The van der Waals surface area contributed by atoms with Gasteiger partial charge in [-0.15, -0.1) is 0 Å². The van der Waals surface area contributed by atoms with Crippen LogP contribution in [0, 0.1) is 5.82 Å². The van der Waals surface area contributed by atoms with Crippen LogP contribution in [0.25, 0.3) is 11.3 Å². The number of nitrogens with zero attached hydrogens (tertiary/aromatic N) is 1. The first kappa shape index (κ1) is 16.6. The van der Waals surface area contributed by atoms with Gasteiger partial charge in [0.1, 0.15) is 11.5 Å². The number of rotatable bonds is 4. The van der Waals surface area contributed by atoms with Crippen LogP contribution in [0.4, 0.5) is 4.39 Å². The summed E-state index contributed by atoms with van der Waals surface area (Å²) in [5.74, 6) is -0.704. The van der Waals surface area contributed by atoms with E-state index >= 15 is 0 Å². The van der Waals surface area contributed by atoms with Crippen molar-refractivity contribution in [2.75, 3.05) is 0 Å². The molecule has 1 saturated carbocycles. The second-order valence-electron chi connectivity index (χ2n) is 6.27. The Balaban J connectivity index is 1.88. The standard InChI is InChI=1S/C18H21FN2O3/c1-11(22)15-16(12-7-9-13(19)10-8-12)21-24-17(15)18(23)20-14-5-3-2-4-6-14/h7-11,14,22H,2-6H2,1H3,(H,20,23). The SMILES string of the molecule is CC(O)c1c(-c2ccc(F)cc2)noc1C(=O)NC1CCCCC1. The summed E-state index contributed by atoms with van der Waals surface area (Å²) in [6, 6.07) is 5.83. The predicted octanol–water partition coefficient (Wildman–Crippen LogP) is 3.60. The van der Waals surface area contributed by atoms with E-state index in [0.29, 0.717) is 16.8 Å². The summed E-state index contributed by atoms with van der Waals surface area (Å²) in [5.41, 5.74) is 1.28. The largest absolute Gasteiger partial charge is 0.388 e. The van der Waals surface area contributed by atoms with E-state index in [2.05, 4.69) is 10.5 Å². The highest BCUT2D eigenvalue weighted by atomic mass is 19.1. The van der Waals surface area contributed by atoms with Crippen LogP contribution in [0.3, 0.4) is 0 Å². The minimum absolute atomic E-state index is 0.0231. The number of aromatic nitrogens is 1. The second-order valence-corrected chi connectivity index (χ2v) is 6.27. The fourth-order valence-electron chi connectivity index (χ4n) is 3.16. The molecule has 1 aliphatic rings. The molecule has 0 bridgehead atoms. The Morgan fingerprint density at radius 3 is 2.58 bits per heavy atom. The van der Waals surface area contributed by atoms with Crippen molar-refractivity contribution in [3.63, 3.8) is 0 Å². The summed E-state index contributed by atoms with van der Waals surface area (Å²) in [6.45, 7) is 1.55. The van der Waals surface area contributed by atoms with Crippen LogP contribution in [-0.4, -0.2) is 22.2 Å². The summed E-state index contributed by atoms with van der Waals surface area (Å²) < 4.78 is 18.3. The van der Waals surface area contributed by atoms with Gasteiger partial charge in [0.2, 0.25) is 5.76 Å². The smallest absolute Gasteiger partial charge is 0.290 e. The Morgan fingerprint density at radius 2 is 1.96 bits per heavy atom. The molecule has 0 aliphatic heterocycles. The van der Waals surface area contributed by atoms with Gasteiger partial charge in [-0.05, 0) is 44.0 Å². The van der Waals surface area contributed by atoms with Crippen LogP contribution in [0.2, 0.25) is 0 Å². The molecule has 1 aromatic carbocycles. The number of hydrogen-bond acceptors (Lipinski definition) is 4.